The monoisotopic (exact) mass is 192 g/mol. The van der Waals surface area contributed by atoms with E-state index < -0.39 is 0 Å². The summed E-state index contributed by atoms with van der Waals surface area (Å²) in [6.45, 7) is 1.70. The predicted octanol–water partition coefficient (Wildman–Crippen LogP) is 2.55. The molecule has 0 aliphatic carbocycles. The van der Waals surface area contributed by atoms with Crippen LogP contribution >= 0.6 is 11.6 Å². The highest BCUT2D eigenvalue weighted by Gasteiger charge is 2.02. The lowest BCUT2D eigenvalue weighted by Gasteiger charge is -2.00. The zero-order valence-electron chi connectivity index (χ0n) is 7.21. The number of hydrogen-bond acceptors (Lipinski definition) is 2. The number of halogens is 1. The minimum absolute atomic E-state index is 0.497. The van der Waals surface area contributed by atoms with Crippen molar-refractivity contribution < 1.29 is 0 Å². The zero-order chi connectivity index (χ0) is 9.84. The Kier molecular flexibility index (Phi) is 2.94. The molecule has 0 radical (unpaired) electrons. The van der Waals surface area contributed by atoms with Gasteiger partial charge in [-0.25, -0.2) is 0 Å². The highest BCUT2D eigenvalue weighted by Crippen LogP contribution is 2.18. The van der Waals surface area contributed by atoms with Crippen LogP contribution < -0.4 is 5.73 Å². The Hall–Kier alpha value is -1.46. The average Bonchev–Trinajstić information content (AvgIpc) is 2.09. The summed E-state index contributed by atoms with van der Waals surface area (Å²) in [4.78, 5) is 0. The second-order valence-corrected chi connectivity index (χ2v) is 3.11. The van der Waals surface area contributed by atoms with E-state index in [1.54, 1.807) is 31.2 Å². The highest BCUT2D eigenvalue weighted by molar-refractivity contribution is 6.30. The van der Waals surface area contributed by atoms with Crippen molar-refractivity contribution in [1.82, 2.24) is 0 Å². The zero-order valence-corrected chi connectivity index (χ0v) is 7.97. The maximum atomic E-state index is 8.80. The van der Waals surface area contributed by atoms with Gasteiger partial charge in [0.1, 0.15) is 6.07 Å². The molecule has 0 aliphatic heterocycles. The smallest absolute Gasteiger partial charge is 0.102 e. The largest absolute Gasteiger partial charge is 0.401 e. The Bertz CT molecular complexity index is 367. The fourth-order valence-electron chi connectivity index (χ4n) is 0.997. The standard InChI is InChI=1S/C10H9ClN2/c1-7(13)10(6-12)8-2-4-9(11)5-3-8/h2-5H,13H2,1H3/b10-7+. The first-order valence-corrected chi connectivity index (χ1v) is 4.15. The molecule has 1 aromatic carbocycles. The molecule has 3 heteroatoms. The highest BCUT2D eigenvalue weighted by atomic mass is 35.5. The molecule has 13 heavy (non-hydrogen) atoms. The van der Waals surface area contributed by atoms with Gasteiger partial charge < -0.3 is 5.73 Å². The fourth-order valence-corrected chi connectivity index (χ4v) is 1.12. The lowest BCUT2D eigenvalue weighted by molar-refractivity contribution is 1.32. The van der Waals surface area contributed by atoms with E-state index in [9.17, 15) is 0 Å². The first-order chi connectivity index (χ1) is 6.15. The van der Waals surface area contributed by atoms with Crippen LogP contribution in [-0.4, -0.2) is 0 Å². The molecule has 2 nitrogen and oxygen atoms in total. The number of benzene rings is 1. The van der Waals surface area contributed by atoms with Crippen molar-refractivity contribution in [3.05, 3.63) is 40.5 Å². The van der Waals surface area contributed by atoms with Gasteiger partial charge in [0.15, 0.2) is 0 Å². The van der Waals surface area contributed by atoms with Crippen molar-refractivity contribution >= 4 is 17.2 Å². The molecule has 0 saturated heterocycles. The lowest BCUT2D eigenvalue weighted by atomic mass is 10.1. The molecule has 1 rings (SSSR count). The first kappa shape index (κ1) is 9.63. The van der Waals surface area contributed by atoms with Crippen molar-refractivity contribution in [2.45, 2.75) is 6.92 Å². The van der Waals surface area contributed by atoms with Gasteiger partial charge in [-0.05, 0) is 24.6 Å². The maximum absolute atomic E-state index is 8.80. The Labute approximate surface area is 82.2 Å². The van der Waals surface area contributed by atoms with E-state index in [2.05, 4.69) is 0 Å². The molecule has 0 atom stereocenters. The predicted molar refractivity (Wildman–Crippen MR) is 53.8 cm³/mol. The molecule has 0 aromatic heterocycles. The first-order valence-electron chi connectivity index (χ1n) is 3.77. The van der Waals surface area contributed by atoms with Crippen LogP contribution in [0.5, 0.6) is 0 Å². The molecular formula is C10H9ClN2. The normalized spacial score (nSPS) is 11.8. The number of nitrogens with zero attached hydrogens (tertiary/aromatic N) is 1. The van der Waals surface area contributed by atoms with E-state index in [1.807, 2.05) is 6.07 Å². The van der Waals surface area contributed by atoms with Gasteiger partial charge in [0.05, 0.1) is 5.57 Å². The van der Waals surface area contributed by atoms with E-state index in [0.717, 1.165) is 5.56 Å². The molecule has 0 spiro atoms. The number of nitriles is 1. The summed E-state index contributed by atoms with van der Waals surface area (Å²) in [5.74, 6) is 0. The van der Waals surface area contributed by atoms with Gasteiger partial charge in [-0.15, -0.1) is 0 Å². The van der Waals surface area contributed by atoms with Crippen molar-refractivity contribution in [3.8, 4) is 6.07 Å². The van der Waals surface area contributed by atoms with E-state index >= 15 is 0 Å². The Balaban J connectivity index is 3.17. The van der Waals surface area contributed by atoms with Crippen LogP contribution in [0.2, 0.25) is 5.02 Å². The third kappa shape index (κ3) is 2.24. The lowest BCUT2D eigenvalue weighted by Crippen LogP contribution is -1.96. The average molecular weight is 193 g/mol. The molecule has 0 heterocycles. The van der Waals surface area contributed by atoms with E-state index in [4.69, 9.17) is 22.6 Å². The molecule has 0 fully saturated rings. The quantitative estimate of drug-likeness (QED) is 0.696. The Morgan fingerprint density at radius 3 is 2.31 bits per heavy atom. The summed E-state index contributed by atoms with van der Waals surface area (Å²) in [5, 5.41) is 9.45. The molecule has 2 N–H and O–H groups in total. The van der Waals surface area contributed by atoms with E-state index in [1.165, 1.54) is 0 Å². The molecule has 0 saturated carbocycles. The van der Waals surface area contributed by atoms with Gasteiger partial charge in [0, 0.05) is 10.7 Å². The minimum atomic E-state index is 0.497. The van der Waals surface area contributed by atoms with Crippen molar-refractivity contribution in [2.24, 2.45) is 5.73 Å². The summed E-state index contributed by atoms with van der Waals surface area (Å²) in [6.07, 6.45) is 0. The molecule has 1 aromatic rings. The van der Waals surface area contributed by atoms with Crippen LogP contribution in [0, 0.1) is 11.3 Å². The van der Waals surface area contributed by atoms with Crippen LogP contribution in [-0.2, 0) is 0 Å². The molecule has 0 aliphatic rings. The van der Waals surface area contributed by atoms with Gasteiger partial charge in [-0.3, -0.25) is 0 Å². The number of hydrogen-bond donors (Lipinski definition) is 1. The molecule has 66 valence electrons. The Morgan fingerprint density at radius 1 is 1.38 bits per heavy atom. The van der Waals surface area contributed by atoms with Crippen molar-refractivity contribution in [3.63, 3.8) is 0 Å². The summed E-state index contributed by atoms with van der Waals surface area (Å²) >= 11 is 5.71. The van der Waals surface area contributed by atoms with Gasteiger partial charge in [-0.2, -0.15) is 5.26 Å². The minimum Gasteiger partial charge on any atom is -0.401 e. The van der Waals surface area contributed by atoms with Gasteiger partial charge in [-0.1, -0.05) is 23.7 Å². The van der Waals surface area contributed by atoms with Crippen LogP contribution in [0.3, 0.4) is 0 Å². The summed E-state index contributed by atoms with van der Waals surface area (Å²) < 4.78 is 0. The molecule has 0 amide bonds. The molecular weight excluding hydrogens is 184 g/mol. The van der Waals surface area contributed by atoms with Crippen LogP contribution in [0.15, 0.2) is 30.0 Å². The second kappa shape index (κ2) is 3.97. The summed E-state index contributed by atoms with van der Waals surface area (Å²) in [5.41, 5.74) is 7.35. The van der Waals surface area contributed by atoms with Gasteiger partial charge in [0.2, 0.25) is 0 Å². The van der Waals surface area contributed by atoms with Crippen molar-refractivity contribution in [2.75, 3.05) is 0 Å². The Morgan fingerprint density at radius 2 is 1.92 bits per heavy atom. The van der Waals surface area contributed by atoms with Crippen molar-refractivity contribution in [1.29, 1.82) is 5.26 Å². The second-order valence-electron chi connectivity index (χ2n) is 2.68. The van der Waals surface area contributed by atoms with E-state index in [-0.39, 0.29) is 0 Å². The topological polar surface area (TPSA) is 49.8 Å². The number of rotatable bonds is 1. The number of nitrogens with two attached hydrogens (primary N) is 1. The molecule has 0 unspecified atom stereocenters. The summed E-state index contributed by atoms with van der Waals surface area (Å²) in [6, 6.07) is 9.07. The third-order valence-corrected chi connectivity index (χ3v) is 1.89. The van der Waals surface area contributed by atoms with Gasteiger partial charge >= 0.3 is 0 Å². The summed E-state index contributed by atoms with van der Waals surface area (Å²) in [7, 11) is 0. The SMILES string of the molecule is C/C(N)=C(/C#N)c1ccc(Cl)cc1. The molecule has 0 bridgehead atoms. The van der Waals surface area contributed by atoms with Crippen LogP contribution in [0.1, 0.15) is 12.5 Å². The number of allylic oxidation sites excluding steroid dienone is 2. The van der Waals surface area contributed by atoms with Crippen LogP contribution in [0.4, 0.5) is 0 Å². The maximum Gasteiger partial charge on any atom is 0.102 e. The fraction of sp³-hybridized carbons (Fsp3) is 0.100. The van der Waals surface area contributed by atoms with Crippen LogP contribution in [0.25, 0.3) is 5.57 Å². The van der Waals surface area contributed by atoms with Gasteiger partial charge in [0.25, 0.3) is 0 Å². The third-order valence-electron chi connectivity index (χ3n) is 1.64. The van der Waals surface area contributed by atoms with E-state index in [0.29, 0.717) is 16.3 Å².